The zero-order valence-electron chi connectivity index (χ0n) is 15.0. The lowest BCUT2D eigenvalue weighted by Crippen LogP contribution is -2.19. The number of methoxy groups -OCH3 is 1. The van der Waals surface area contributed by atoms with Gasteiger partial charge in [0.1, 0.15) is 17.2 Å². The molecule has 26 heavy (non-hydrogen) atoms. The average Bonchev–Trinajstić information content (AvgIpc) is 3.28. The topological polar surface area (TPSA) is 68.0 Å². The molecule has 3 heterocycles. The molecule has 1 atom stereocenters. The summed E-state index contributed by atoms with van der Waals surface area (Å²) in [6, 6.07) is 9.35. The maximum atomic E-state index is 9.89. The van der Waals surface area contributed by atoms with E-state index in [1.165, 1.54) is 0 Å². The van der Waals surface area contributed by atoms with Crippen LogP contribution in [-0.2, 0) is 4.74 Å². The Labute approximate surface area is 152 Å². The Balaban J connectivity index is 1.78. The maximum Gasteiger partial charge on any atom is 0.161 e. The molecule has 0 aliphatic carbocycles. The van der Waals surface area contributed by atoms with Gasteiger partial charge in [-0.25, -0.2) is 4.98 Å². The van der Waals surface area contributed by atoms with E-state index in [2.05, 4.69) is 22.8 Å². The molecule has 4 rings (SSSR count). The normalized spacial score (nSPS) is 16.9. The van der Waals surface area contributed by atoms with Crippen molar-refractivity contribution < 1.29 is 14.6 Å². The summed E-state index contributed by atoms with van der Waals surface area (Å²) >= 11 is 0. The highest BCUT2D eigenvalue weighted by molar-refractivity contribution is 5.78. The first-order valence-corrected chi connectivity index (χ1v) is 8.87. The fourth-order valence-corrected chi connectivity index (χ4v) is 3.36. The maximum absolute atomic E-state index is 9.89. The Hall–Kier alpha value is -2.73. The number of imidazole rings is 1. The summed E-state index contributed by atoms with van der Waals surface area (Å²) in [6.07, 6.45) is 4.49. The van der Waals surface area contributed by atoms with Gasteiger partial charge >= 0.3 is 0 Å². The monoisotopic (exact) mass is 353 g/mol. The van der Waals surface area contributed by atoms with Crippen molar-refractivity contribution in [3.8, 4) is 22.8 Å². The zero-order valence-corrected chi connectivity index (χ0v) is 15.0. The molecule has 0 bridgehead atoms. The number of rotatable bonds is 5. The highest BCUT2D eigenvalue weighted by Gasteiger charge is 2.19. The smallest absolute Gasteiger partial charge is 0.161 e. The van der Waals surface area contributed by atoms with E-state index in [4.69, 9.17) is 14.5 Å². The third-order valence-corrected chi connectivity index (χ3v) is 4.74. The number of ether oxygens (including phenoxy) is 2. The van der Waals surface area contributed by atoms with Crippen molar-refractivity contribution >= 4 is 11.5 Å². The predicted molar refractivity (Wildman–Crippen MR) is 101 cm³/mol. The molecule has 1 saturated heterocycles. The van der Waals surface area contributed by atoms with Crippen molar-refractivity contribution in [1.82, 2.24) is 9.38 Å². The van der Waals surface area contributed by atoms with Crippen molar-refractivity contribution in [1.29, 1.82) is 0 Å². The minimum atomic E-state index is 0.115. The largest absolute Gasteiger partial charge is 0.504 e. The fraction of sp³-hybridized carbons (Fsp3) is 0.350. The van der Waals surface area contributed by atoms with E-state index in [0.29, 0.717) is 5.75 Å². The van der Waals surface area contributed by atoms with Gasteiger partial charge in [0.2, 0.25) is 0 Å². The van der Waals surface area contributed by atoms with Gasteiger partial charge in [-0.2, -0.15) is 0 Å². The number of aromatic nitrogens is 2. The van der Waals surface area contributed by atoms with Crippen LogP contribution in [0, 0.1) is 6.92 Å². The number of benzene rings is 1. The van der Waals surface area contributed by atoms with Crippen molar-refractivity contribution in [2.24, 2.45) is 0 Å². The molecule has 2 N–H and O–H groups in total. The van der Waals surface area contributed by atoms with Crippen LogP contribution < -0.4 is 10.1 Å². The lowest BCUT2D eigenvalue weighted by atomic mass is 10.1. The lowest BCUT2D eigenvalue weighted by molar-refractivity contribution is 0.120. The first kappa shape index (κ1) is 16.7. The third kappa shape index (κ3) is 3.08. The molecular formula is C20H23N3O3. The zero-order chi connectivity index (χ0) is 18.1. The number of nitrogens with one attached hydrogen (secondary N) is 1. The molecule has 136 valence electrons. The van der Waals surface area contributed by atoms with E-state index in [-0.39, 0.29) is 11.9 Å². The van der Waals surface area contributed by atoms with Gasteiger partial charge in [0.15, 0.2) is 11.5 Å². The van der Waals surface area contributed by atoms with Crippen LogP contribution in [-0.4, -0.2) is 40.9 Å². The predicted octanol–water partition coefficient (Wildman–Crippen LogP) is 3.61. The Morgan fingerprint density at radius 1 is 1.35 bits per heavy atom. The van der Waals surface area contributed by atoms with Crippen molar-refractivity contribution in [2.75, 3.05) is 25.6 Å². The molecule has 2 aromatic heterocycles. The Kier molecular flexibility index (Phi) is 4.42. The molecule has 6 heteroatoms. The number of hydrogen-bond acceptors (Lipinski definition) is 5. The molecule has 1 aromatic carbocycles. The Morgan fingerprint density at radius 2 is 2.23 bits per heavy atom. The van der Waals surface area contributed by atoms with Gasteiger partial charge in [0.05, 0.1) is 13.2 Å². The van der Waals surface area contributed by atoms with Crippen molar-refractivity contribution in [3.05, 3.63) is 42.1 Å². The summed E-state index contributed by atoms with van der Waals surface area (Å²) in [5.41, 5.74) is 3.74. The summed E-state index contributed by atoms with van der Waals surface area (Å²) in [7, 11) is 1.54. The fourth-order valence-electron chi connectivity index (χ4n) is 3.36. The highest BCUT2D eigenvalue weighted by Crippen LogP contribution is 2.35. The Morgan fingerprint density at radius 3 is 3.00 bits per heavy atom. The summed E-state index contributed by atoms with van der Waals surface area (Å²) in [6.45, 7) is 3.64. The van der Waals surface area contributed by atoms with Gasteiger partial charge in [0, 0.05) is 24.9 Å². The number of hydrogen-bond donors (Lipinski definition) is 2. The summed E-state index contributed by atoms with van der Waals surface area (Å²) in [5.74, 6) is 1.47. The molecule has 1 fully saturated rings. The van der Waals surface area contributed by atoms with Crippen molar-refractivity contribution in [3.63, 3.8) is 0 Å². The van der Waals surface area contributed by atoms with Gasteiger partial charge in [-0.3, -0.25) is 4.40 Å². The van der Waals surface area contributed by atoms with Gasteiger partial charge in [-0.1, -0.05) is 6.07 Å². The third-order valence-electron chi connectivity index (χ3n) is 4.74. The van der Waals surface area contributed by atoms with Gasteiger partial charge in [0.25, 0.3) is 0 Å². The molecule has 1 aliphatic rings. The first-order valence-electron chi connectivity index (χ1n) is 8.87. The van der Waals surface area contributed by atoms with Gasteiger partial charge in [-0.05, 0) is 49.6 Å². The summed E-state index contributed by atoms with van der Waals surface area (Å²) < 4.78 is 13.1. The number of aryl methyl sites for hydroxylation is 1. The minimum Gasteiger partial charge on any atom is -0.504 e. The van der Waals surface area contributed by atoms with Crippen LogP contribution in [0.4, 0.5) is 5.82 Å². The van der Waals surface area contributed by atoms with Gasteiger partial charge in [-0.15, -0.1) is 0 Å². The number of phenols is 1. The molecule has 0 spiro atoms. The number of fused-ring (bicyclic) bond motifs is 1. The molecule has 3 aromatic rings. The Bertz CT molecular complexity index is 929. The van der Waals surface area contributed by atoms with Crippen LogP contribution in [0.15, 0.2) is 36.5 Å². The number of anilines is 1. The molecular weight excluding hydrogens is 330 g/mol. The molecule has 0 saturated carbocycles. The minimum absolute atomic E-state index is 0.115. The van der Waals surface area contributed by atoms with E-state index < -0.39 is 0 Å². The second-order valence-corrected chi connectivity index (χ2v) is 6.65. The standard InChI is InChI=1S/C20H23N3O3/c1-13-5-8-18-22-19(14-6-7-16(24)17(10-14)25-2)20(23(18)12-13)21-11-15-4-3-9-26-15/h5-8,10,12,15,21,24H,3-4,9,11H2,1-2H3. The quantitative estimate of drug-likeness (QED) is 0.733. The molecule has 0 amide bonds. The molecule has 1 aliphatic heterocycles. The van der Waals surface area contributed by atoms with Crippen LogP contribution in [0.2, 0.25) is 0 Å². The van der Waals surface area contributed by atoms with Crippen molar-refractivity contribution in [2.45, 2.75) is 25.9 Å². The SMILES string of the molecule is COc1cc(-c2nc3ccc(C)cn3c2NCC2CCCO2)ccc1O. The second-order valence-electron chi connectivity index (χ2n) is 6.65. The average molecular weight is 353 g/mol. The summed E-state index contributed by atoms with van der Waals surface area (Å²) in [5, 5.41) is 13.4. The van der Waals surface area contributed by atoms with Gasteiger partial charge < -0.3 is 19.9 Å². The van der Waals surface area contributed by atoms with E-state index >= 15 is 0 Å². The number of phenolic OH excluding ortho intramolecular Hbond substituents is 1. The van der Waals surface area contributed by atoms with E-state index in [0.717, 1.165) is 54.3 Å². The van der Waals surface area contributed by atoms with Crippen LogP contribution in [0.5, 0.6) is 11.5 Å². The highest BCUT2D eigenvalue weighted by atomic mass is 16.5. The number of aromatic hydroxyl groups is 1. The van der Waals surface area contributed by atoms with Crippen LogP contribution in [0.3, 0.4) is 0 Å². The van der Waals surface area contributed by atoms with Crippen LogP contribution in [0.1, 0.15) is 18.4 Å². The molecule has 1 unspecified atom stereocenters. The van der Waals surface area contributed by atoms with E-state index in [1.807, 2.05) is 18.2 Å². The lowest BCUT2D eigenvalue weighted by Gasteiger charge is -2.14. The van der Waals surface area contributed by atoms with E-state index in [1.54, 1.807) is 19.2 Å². The van der Waals surface area contributed by atoms with E-state index in [9.17, 15) is 5.11 Å². The second kappa shape index (κ2) is 6.88. The number of nitrogens with zero attached hydrogens (tertiary/aromatic N) is 2. The first-order chi connectivity index (χ1) is 12.7. The van der Waals surface area contributed by atoms with Crippen LogP contribution >= 0.6 is 0 Å². The molecule has 0 radical (unpaired) electrons. The van der Waals surface area contributed by atoms with Crippen LogP contribution in [0.25, 0.3) is 16.9 Å². The number of pyridine rings is 1. The molecule has 6 nitrogen and oxygen atoms in total. The summed E-state index contributed by atoms with van der Waals surface area (Å²) in [4.78, 5) is 4.80.